The first kappa shape index (κ1) is 38.3. The molecule has 6 nitrogen and oxygen atoms in total. The number of nitrogens with two attached hydrogens (primary N) is 1. The molecule has 0 aromatic heterocycles. The first-order chi connectivity index (χ1) is 21.9. The SMILES string of the molecule is CC(C)Oc1cc(C(Cc2ccccc2)(NC(=O)C(N)C(O)(C(F)(F)F)C(F)(F)F)c2cc(F)cc(OC(F)(F)C(F)F)c2)ccc1F. The predicted octanol–water partition coefficient (Wildman–Crippen LogP) is 6.77. The average Bonchev–Trinajstić information content (AvgIpc) is 2.95. The summed E-state index contributed by atoms with van der Waals surface area (Å²) in [6.45, 7) is 2.89. The minimum absolute atomic E-state index is 0.0913. The van der Waals surface area contributed by atoms with Crippen molar-refractivity contribution in [2.45, 2.75) is 68.4 Å². The number of nitrogens with one attached hydrogen (secondary N) is 1. The van der Waals surface area contributed by atoms with E-state index in [0.29, 0.717) is 18.2 Å². The van der Waals surface area contributed by atoms with E-state index in [1.807, 2.05) is 5.32 Å². The molecule has 18 heteroatoms. The van der Waals surface area contributed by atoms with Crippen LogP contribution in [0.25, 0.3) is 0 Å². The molecule has 0 radical (unpaired) electrons. The van der Waals surface area contributed by atoms with Gasteiger partial charge in [0.2, 0.25) is 5.91 Å². The Kier molecular flexibility index (Phi) is 10.9. The molecule has 2 atom stereocenters. The van der Waals surface area contributed by atoms with Crippen LogP contribution in [0.5, 0.6) is 11.5 Å². The first-order valence-corrected chi connectivity index (χ1v) is 13.5. The number of alkyl halides is 10. The number of hydrogen-bond acceptors (Lipinski definition) is 5. The molecule has 0 fully saturated rings. The second-order valence-corrected chi connectivity index (χ2v) is 10.7. The number of amides is 1. The van der Waals surface area contributed by atoms with Crippen molar-refractivity contribution in [1.82, 2.24) is 5.32 Å². The summed E-state index contributed by atoms with van der Waals surface area (Å²) in [7, 11) is 0. The smallest absolute Gasteiger partial charge is 0.461 e. The largest absolute Gasteiger partial charge is 0.488 e. The molecule has 3 rings (SSSR count). The number of benzene rings is 3. The van der Waals surface area contributed by atoms with Crippen molar-refractivity contribution in [3.05, 3.63) is 95.1 Å². The Morgan fingerprint density at radius 1 is 0.854 bits per heavy atom. The van der Waals surface area contributed by atoms with Gasteiger partial charge in [-0.3, -0.25) is 4.79 Å². The van der Waals surface area contributed by atoms with Crippen molar-refractivity contribution in [3.8, 4) is 11.5 Å². The van der Waals surface area contributed by atoms with Gasteiger partial charge in [0.25, 0.3) is 5.60 Å². The van der Waals surface area contributed by atoms with E-state index in [2.05, 4.69) is 4.74 Å². The second-order valence-electron chi connectivity index (χ2n) is 10.7. The van der Waals surface area contributed by atoms with Crippen LogP contribution < -0.4 is 20.5 Å². The summed E-state index contributed by atoms with van der Waals surface area (Å²) in [4.78, 5) is 13.4. The van der Waals surface area contributed by atoms with E-state index in [-0.39, 0.29) is 11.6 Å². The quantitative estimate of drug-likeness (QED) is 0.181. The molecule has 0 aliphatic carbocycles. The monoisotopic (exact) mass is 706 g/mol. The molecule has 2 unspecified atom stereocenters. The summed E-state index contributed by atoms with van der Waals surface area (Å²) < 4.78 is 175. The third-order valence-corrected chi connectivity index (χ3v) is 6.90. The maximum atomic E-state index is 15.0. The van der Waals surface area contributed by atoms with Gasteiger partial charge in [0.15, 0.2) is 11.6 Å². The fourth-order valence-electron chi connectivity index (χ4n) is 4.64. The maximum absolute atomic E-state index is 15.0. The number of carbonyl (C=O) groups excluding carboxylic acids is 1. The van der Waals surface area contributed by atoms with Gasteiger partial charge < -0.3 is 25.6 Å². The lowest BCUT2D eigenvalue weighted by atomic mass is 9.77. The molecule has 0 heterocycles. The summed E-state index contributed by atoms with van der Waals surface area (Å²) in [5, 5.41) is 11.7. The van der Waals surface area contributed by atoms with E-state index >= 15 is 4.39 Å². The summed E-state index contributed by atoms with van der Waals surface area (Å²) in [5.74, 6) is -6.88. The van der Waals surface area contributed by atoms with E-state index in [4.69, 9.17) is 10.5 Å². The molecule has 0 aliphatic heterocycles. The van der Waals surface area contributed by atoms with Crippen LogP contribution in [-0.2, 0) is 16.8 Å². The lowest BCUT2D eigenvalue weighted by Crippen LogP contribution is -2.72. The molecule has 0 aliphatic rings. The molecule has 0 saturated carbocycles. The highest BCUT2D eigenvalue weighted by Gasteiger charge is 2.75. The van der Waals surface area contributed by atoms with Gasteiger partial charge in [0.1, 0.15) is 17.6 Å². The van der Waals surface area contributed by atoms with Crippen molar-refractivity contribution in [2.24, 2.45) is 5.73 Å². The summed E-state index contributed by atoms with van der Waals surface area (Å²) in [6, 6.07) is 6.48. The van der Waals surface area contributed by atoms with E-state index in [1.54, 1.807) is 0 Å². The number of carbonyl (C=O) groups is 1. The third-order valence-electron chi connectivity index (χ3n) is 6.90. The van der Waals surface area contributed by atoms with Gasteiger partial charge in [-0.25, -0.2) is 8.78 Å². The molecular formula is C30H26F12N2O4. The highest BCUT2D eigenvalue weighted by molar-refractivity contribution is 5.85. The van der Waals surface area contributed by atoms with Crippen LogP contribution in [0.4, 0.5) is 52.7 Å². The van der Waals surface area contributed by atoms with Crippen molar-refractivity contribution < 1.29 is 72.1 Å². The van der Waals surface area contributed by atoms with Crippen molar-refractivity contribution in [2.75, 3.05) is 0 Å². The fraction of sp³-hybridized carbons (Fsp3) is 0.367. The number of hydrogen-bond donors (Lipinski definition) is 3. The molecule has 48 heavy (non-hydrogen) atoms. The molecule has 264 valence electrons. The van der Waals surface area contributed by atoms with Crippen LogP contribution in [0.1, 0.15) is 30.5 Å². The Bertz CT molecular complexity index is 1570. The summed E-state index contributed by atoms with van der Waals surface area (Å²) in [6.07, 6.45) is -24.4. The Morgan fingerprint density at radius 3 is 1.96 bits per heavy atom. The molecule has 3 aromatic rings. The van der Waals surface area contributed by atoms with Crippen molar-refractivity contribution in [3.63, 3.8) is 0 Å². The molecular weight excluding hydrogens is 680 g/mol. The van der Waals surface area contributed by atoms with Gasteiger partial charge in [0, 0.05) is 12.5 Å². The van der Waals surface area contributed by atoms with E-state index < -0.39 is 94.8 Å². The van der Waals surface area contributed by atoms with Gasteiger partial charge >= 0.3 is 24.9 Å². The zero-order valence-corrected chi connectivity index (χ0v) is 24.6. The second kappa shape index (κ2) is 13.7. The van der Waals surface area contributed by atoms with Crippen molar-refractivity contribution in [1.29, 1.82) is 0 Å². The molecule has 1 amide bonds. The number of aliphatic hydroxyl groups is 1. The summed E-state index contributed by atoms with van der Waals surface area (Å²) in [5.41, 5.74) is -4.58. The van der Waals surface area contributed by atoms with E-state index in [1.165, 1.54) is 44.2 Å². The highest BCUT2D eigenvalue weighted by atomic mass is 19.4. The van der Waals surface area contributed by atoms with Crippen LogP contribution in [0.3, 0.4) is 0 Å². The molecule has 4 N–H and O–H groups in total. The number of halogens is 12. The Hall–Kier alpha value is -4.19. The zero-order chi connectivity index (χ0) is 36.5. The lowest BCUT2D eigenvalue weighted by Gasteiger charge is -2.41. The van der Waals surface area contributed by atoms with E-state index in [9.17, 15) is 58.2 Å². The molecule has 0 saturated heterocycles. The van der Waals surface area contributed by atoms with Gasteiger partial charge in [-0.2, -0.15) is 43.9 Å². The van der Waals surface area contributed by atoms with E-state index in [0.717, 1.165) is 12.1 Å². The van der Waals surface area contributed by atoms with Crippen LogP contribution in [0, 0.1) is 11.6 Å². The third kappa shape index (κ3) is 7.91. The standard InChI is InChI=1S/C30H26F12N2O4/c1-15(2)47-22-12-17(8-9-21(22)32)26(14-16-6-4-3-5-7-16,18-10-19(31)13-20(11-18)48-28(35,36)25(33)34)44-24(45)23(43)27(46,29(37,38)39)30(40,41)42/h3-13,15,23,25,46H,14,43H2,1-2H3,(H,44,45). The Morgan fingerprint density at radius 2 is 1.44 bits per heavy atom. The lowest BCUT2D eigenvalue weighted by molar-refractivity contribution is -0.371. The topological polar surface area (TPSA) is 93.8 Å². The number of ether oxygens (including phenoxy) is 2. The fourth-order valence-corrected chi connectivity index (χ4v) is 4.64. The number of rotatable bonds is 12. The van der Waals surface area contributed by atoms with Crippen LogP contribution in [0.2, 0.25) is 0 Å². The Balaban J connectivity index is 2.43. The van der Waals surface area contributed by atoms with Crippen LogP contribution >= 0.6 is 0 Å². The Labute approximate surface area is 264 Å². The molecule has 3 aromatic carbocycles. The normalized spacial score (nSPS) is 14.9. The predicted molar refractivity (Wildman–Crippen MR) is 144 cm³/mol. The molecule has 0 bridgehead atoms. The summed E-state index contributed by atoms with van der Waals surface area (Å²) >= 11 is 0. The van der Waals surface area contributed by atoms with Crippen molar-refractivity contribution >= 4 is 5.91 Å². The van der Waals surface area contributed by atoms with Crippen LogP contribution in [0.15, 0.2) is 66.7 Å². The zero-order valence-electron chi connectivity index (χ0n) is 24.6. The first-order valence-electron chi connectivity index (χ1n) is 13.5. The van der Waals surface area contributed by atoms with Gasteiger partial charge in [-0.1, -0.05) is 36.4 Å². The van der Waals surface area contributed by atoms with Gasteiger partial charge in [-0.05, 0) is 54.8 Å². The van der Waals surface area contributed by atoms with Gasteiger partial charge in [-0.15, -0.1) is 0 Å². The minimum Gasteiger partial charge on any atom is -0.488 e. The highest BCUT2D eigenvalue weighted by Crippen LogP contribution is 2.46. The van der Waals surface area contributed by atoms with Gasteiger partial charge in [0.05, 0.1) is 11.6 Å². The average molecular weight is 707 g/mol. The molecule has 0 spiro atoms. The maximum Gasteiger partial charge on any atom is 0.461 e. The minimum atomic E-state index is -6.60. The van der Waals surface area contributed by atoms with Crippen LogP contribution in [-0.4, -0.2) is 53.6 Å².